The van der Waals surface area contributed by atoms with E-state index in [0.29, 0.717) is 0 Å². The van der Waals surface area contributed by atoms with Crippen molar-refractivity contribution in [3.05, 3.63) is 0 Å². The fourth-order valence-electron chi connectivity index (χ4n) is 2.87. The molecule has 3 amide bonds. The summed E-state index contributed by atoms with van der Waals surface area (Å²) in [4.78, 5) is 60.5. The summed E-state index contributed by atoms with van der Waals surface area (Å²) in [7, 11) is 0. The van der Waals surface area contributed by atoms with Gasteiger partial charge in [0, 0.05) is 13.1 Å². The molecule has 0 unspecified atom stereocenters. The minimum atomic E-state index is -1.69. The molecule has 0 aliphatic rings. The average Bonchev–Trinajstić information content (AvgIpc) is 2.80. The van der Waals surface area contributed by atoms with Crippen LogP contribution in [0.25, 0.3) is 0 Å². The van der Waals surface area contributed by atoms with Crippen LogP contribution in [-0.4, -0.2) is 101 Å². The predicted octanol–water partition coefficient (Wildman–Crippen LogP) is -5.15. The highest BCUT2D eigenvalue weighted by molar-refractivity contribution is 5.95. The van der Waals surface area contributed by atoms with Crippen molar-refractivity contribution in [2.24, 2.45) is 17.2 Å². The van der Waals surface area contributed by atoms with E-state index in [4.69, 9.17) is 33.1 Å². The lowest BCUT2D eigenvalue weighted by Crippen LogP contribution is -2.57. The quantitative estimate of drug-likeness (QED) is 0.0446. The molecule has 0 aromatic rings. The molecule has 210 valence electrons. The highest BCUT2D eigenvalue weighted by Crippen LogP contribution is 2.04. The largest absolute Gasteiger partial charge is 0.481 e. The van der Waals surface area contributed by atoms with Gasteiger partial charge in [-0.15, -0.1) is 0 Å². The highest BCUT2D eigenvalue weighted by atomic mass is 16.4. The zero-order valence-electron chi connectivity index (χ0n) is 20.1. The van der Waals surface area contributed by atoms with E-state index in [2.05, 4.69) is 26.6 Å². The SMILES string of the molecule is N=C(N)NCCC[C@H](NC(=O)[C@H](CC(=O)O)NC(=O)[C@H](CCCNC(=N)N)NC(=O)[C@@H](N)CO)C(=O)O. The number of aliphatic hydroxyl groups is 1. The first-order chi connectivity index (χ1) is 17.3. The molecule has 16 N–H and O–H groups in total. The van der Waals surface area contributed by atoms with Crippen LogP contribution in [0.2, 0.25) is 0 Å². The van der Waals surface area contributed by atoms with Gasteiger partial charge < -0.3 is 59.1 Å². The van der Waals surface area contributed by atoms with Crippen LogP contribution >= 0.6 is 0 Å². The third kappa shape index (κ3) is 14.7. The molecule has 0 bridgehead atoms. The maximum Gasteiger partial charge on any atom is 0.326 e. The van der Waals surface area contributed by atoms with Gasteiger partial charge in [0.05, 0.1) is 13.0 Å². The van der Waals surface area contributed by atoms with Gasteiger partial charge in [0.1, 0.15) is 24.2 Å². The number of carbonyl (C=O) groups excluding carboxylic acids is 3. The molecule has 0 fully saturated rings. The maximum atomic E-state index is 12.9. The zero-order valence-corrected chi connectivity index (χ0v) is 20.1. The van der Waals surface area contributed by atoms with Crippen LogP contribution < -0.4 is 43.8 Å². The summed E-state index contributed by atoms with van der Waals surface area (Å²) in [6, 6.07) is -5.78. The third-order valence-corrected chi connectivity index (χ3v) is 4.76. The number of hydrogen-bond donors (Lipinski definition) is 13. The molecule has 18 heteroatoms. The molecule has 37 heavy (non-hydrogen) atoms. The van der Waals surface area contributed by atoms with Gasteiger partial charge in [-0.2, -0.15) is 0 Å². The second-order valence-electron chi connectivity index (χ2n) is 7.87. The van der Waals surface area contributed by atoms with Crippen molar-refractivity contribution in [2.45, 2.75) is 56.3 Å². The molecule has 0 spiro atoms. The fraction of sp³-hybridized carbons (Fsp3) is 0.632. The Balaban J connectivity index is 5.46. The lowest BCUT2D eigenvalue weighted by atomic mass is 10.1. The normalized spacial score (nSPS) is 13.7. The molecule has 0 aliphatic heterocycles. The molecule has 0 aromatic heterocycles. The number of aliphatic hydroxyl groups excluding tert-OH is 1. The molecule has 0 aromatic carbocycles. The van der Waals surface area contributed by atoms with E-state index in [9.17, 15) is 34.2 Å². The van der Waals surface area contributed by atoms with Gasteiger partial charge in [-0.1, -0.05) is 0 Å². The smallest absolute Gasteiger partial charge is 0.326 e. The van der Waals surface area contributed by atoms with Gasteiger partial charge in [-0.05, 0) is 25.7 Å². The number of guanidine groups is 2. The van der Waals surface area contributed by atoms with Crippen LogP contribution in [0.3, 0.4) is 0 Å². The van der Waals surface area contributed by atoms with Gasteiger partial charge in [-0.25, -0.2) is 4.79 Å². The van der Waals surface area contributed by atoms with Gasteiger partial charge in [0.2, 0.25) is 17.7 Å². The standard InChI is InChI=1S/C19H36N10O8/c20-9(8-30)14(33)27-10(3-1-5-25-18(21)22)15(34)29-12(7-13(31)32)16(35)28-11(17(36)37)4-2-6-26-19(23)24/h9-12,30H,1-8,20H2,(H,27,33)(H,28,35)(H,29,34)(H,31,32)(H,36,37)(H4,21,22,25)(H4,23,24,26)/t9-,10-,11-,12-/m0/s1. The number of carboxylic acid groups (broad SMARTS) is 2. The molecule has 0 saturated carbocycles. The van der Waals surface area contributed by atoms with Crippen molar-refractivity contribution in [2.75, 3.05) is 19.7 Å². The summed E-state index contributed by atoms with van der Waals surface area (Å²) < 4.78 is 0. The second kappa shape index (κ2) is 17.3. The number of hydrogen-bond acceptors (Lipinski definition) is 9. The number of rotatable bonds is 18. The Morgan fingerprint density at radius 3 is 1.59 bits per heavy atom. The van der Waals surface area contributed by atoms with Gasteiger partial charge in [0.25, 0.3) is 0 Å². The van der Waals surface area contributed by atoms with Crippen LogP contribution in [0, 0.1) is 10.8 Å². The molecule has 0 rings (SSSR count). The lowest BCUT2D eigenvalue weighted by molar-refractivity contribution is -0.143. The number of carboxylic acids is 2. The Kier molecular flexibility index (Phi) is 15.3. The summed E-state index contributed by atoms with van der Waals surface area (Å²) in [5, 5.41) is 53.5. The van der Waals surface area contributed by atoms with Crippen LogP contribution in [0.4, 0.5) is 0 Å². The first-order valence-corrected chi connectivity index (χ1v) is 11.2. The van der Waals surface area contributed by atoms with Gasteiger partial charge in [0.15, 0.2) is 11.9 Å². The predicted molar refractivity (Wildman–Crippen MR) is 129 cm³/mol. The van der Waals surface area contributed by atoms with E-state index in [1.165, 1.54) is 0 Å². The highest BCUT2D eigenvalue weighted by Gasteiger charge is 2.31. The Morgan fingerprint density at radius 2 is 1.16 bits per heavy atom. The topological polar surface area (TPSA) is 332 Å². The average molecular weight is 533 g/mol. The minimum Gasteiger partial charge on any atom is -0.481 e. The van der Waals surface area contributed by atoms with Crippen molar-refractivity contribution < 1.29 is 39.3 Å². The van der Waals surface area contributed by atoms with Crippen LogP contribution in [0.1, 0.15) is 32.1 Å². The molecule has 4 atom stereocenters. The van der Waals surface area contributed by atoms with Crippen LogP contribution in [0.15, 0.2) is 0 Å². The molecule has 0 radical (unpaired) electrons. The third-order valence-electron chi connectivity index (χ3n) is 4.76. The van der Waals surface area contributed by atoms with Crippen LogP contribution in [-0.2, 0) is 24.0 Å². The first-order valence-electron chi connectivity index (χ1n) is 11.2. The summed E-state index contributed by atoms with van der Waals surface area (Å²) in [6.07, 6.45) is -0.620. The van der Waals surface area contributed by atoms with Crippen molar-refractivity contribution in [1.82, 2.24) is 26.6 Å². The van der Waals surface area contributed by atoms with E-state index >= 15 is 0 Å². The number of nitrogens with one attached hydrogen (secondary N) is 7. The number of amides is 3. The maximum absolute atomic E-state index is 12.9. The Hall–Kier alpha value is -4.19. The molecule has 0 heterocycles. The molecule has 0 aliphatic carbocycles. The van der Waals surface area contributed by atoms with Gasteiger partial charge >= 0.3 is 11.9 Å². The van der Waals surface area contributed by atoms with Crippen LogP contribution in [0.5, 0.6) is 0 Å². The van der Waals surface area contributed by atoms with E-state index in [0.717, 1.165) is 0 Å². The minimum absolute atomic E-state index is 0.0433. The lowest BCUT2D eigenvalue weighted by Gasteiger charge is -2.24. The summed E-state index contributed by atoms with van der Waals surface area (Å²) in [5.74, 6) is -6.44. The zero-order chi connectivity index (χ0) is 28.5. The Labute approximate surface area is 212 Å². The van der Waals surface area contributed by atoms with Gasteiger partial charge in [-0.3, -0.25) is 30.0 Å². The molecule has 0 saturated heterocycles. The van der Waals surface area contributed by atoms with Crippen molar-refractivity contribution >= 4 is 41.6 Å². The summed E-state index contributed by atoms with van der Waals surface area (Å²) in [5.41, 5.74) is 15.8. The monoisotopic (exact) mass is 532 g/mol. The van der Waals surface area contributed by atoms with E-state index in [-0.39, 0.29) is 50.7 Å². The van der Waals surface area contributed by atoms with Crippen molar-refractivity contribution in [3.63, 3.8) is 0 Å². The molecular formula is C19H36N10O8. The summed E-state index contributed by atoms with van der Waals surface area (Å²) in [6.45, 7) is -0.409. The molecule has 18 nitrogen and oxygen atoms in total. The number of nitrogens with two attached hydrogens (primary N) is 3. The second-order valence-corrected chi connectivity index (χ2v) is 7.87. The van der Waals surface area contributed by atoms with E-state index in [1.54, 1.807) is 0 Å². The van der Waals surface area contributed by atoms with E-state index in [1.807, 2.05) is 0 Å². The van der Waals surface area contributed by atoms with Crippen molar-refractivity contribution in [3.8, 4) is 0 Å². The number of carbonyl (C=O) groups is 5. The first kappa shape index (κ1) is 32.8. The number of aliphatic carboxylic acids is 2. The summed E-state index contributed by atoms with van der Waals surface area (Å²) >= 11 is 0. The fourth-order valence-corrected chi connectivity index (χ4v) is 2.87. The molecular weight excluding hydrogens is 496 g/mol. The Morgan fingerprint density at radius 1 is 0.730 bits per heavy atom. The van der Waals surface area contributed by atoms with Crippen molar-refractivity contribution in [1.29, 1.82) is 10.8 Å². The Bertz CT molecular complexity index is 840. The van der Waals surface area contributed by atoms with E-state index < -0.39 is 66.9 Å².